The van der Waals surface area contributed by atoms with Gasteiger partial charge in [0.15, 0.2) is 0 Å². The zero-order valence-corrected chi connectivity index (χ0v) is 7.62. The SMILES string of the molecule is C=C/C(C(=O)N(F)F)=C(/C)SC. The Morgan fingerprint density at radius 1 is 1.58 bits per heavy atom. The van der Waals surface area contributed by atoms with E-state index in [9.17, 15) is 13.8 Å². The Bertz CT molecular complexity index is 225. The molecule has 0 aromatic carbocycles. The van der Waals surface area contributed by atoms with Crippen LogP contribution in [0.5, 0.6) is 0 Å². The number of amides is 1. The Balaban J connectivity index is 4.79. The summed E-state index contributed by atoms with van der Waals surface area (Å²) in [6, 6.07) is 0. The third-order valence-corrected chi connectivity index (χ3v) is 2.11. The second-order valence-corrected chi connectivity index (χ2v) is 2.94. The topological polar surface area (TPSA) is 20.3 Å². The highest BCUT2D eigenvalue weighted by Crippen LogP contribution is 2.18. The first-order chi connectivity index (χ1) is 5.54. The van der Waals surface area contributed by atoms with Gasteiger partial charge in [0, 0.05) is 5.34 Å². The van der Waals surface area contributed by atoms with Gasteiger partial charge in [-0.05, 0) is 18.1 Å². The molecular formula is C7H9F2NOS. The lowest BCUT2D eigenvalue weighted by molar-refractivity contribution is -0.181. The molecule has 0 saturated heterocycles. The quantitative estimate of drug-likeness (QED) is 0.389. The normalized spacial score (nSPS) is 12.0. The summed E-state index contributed by atoms with van der Waals surface area (Å²) < 4.78 is 23.5. The molecule has 2 nitrogen and oxygen atoms in total. The third-order valence-electron chi connectivity index (χ3n) is 1.27. The van der Waals surface area contributed by atoms with Gasteiger partial charge < -0.3 is 0 Å². The molecule has 0 aliphatic carbocycles. The summed E-state index contributed by atoms with van der Waals surface area (Å²) in [5.41, 5.74) is -0.0625. The lowest BCUT2D eigenvalue weighted by Crippen LogP contribution is -2.15. The van der Waals surface area contributed by atoms with Gasteiger partial charge in [-0.2, -0.15) is 0 Å². The van der Waals surface area contributed by atoms with Gasteiger partial charge in [-0.25, -0.2) is 0 Å². The van der Waals surface area contributed by atoms with E-state index in [1.165, 1.54) is 11.8 Å². The molecule has 0 unspecified atom stereocenters. The molecule has 0 heterocycles. The van der Waals surface area contributed by atoms with Crippen LogP contribution in [0, 0.1) is 0 Å². The van der Waals surface area contributed by atoms with Crippen molar-refractivity contribution in [3.63, 3.8) is 0 Å². The van der Waals surface area contributed by atoms with Crippen LogP contribution in [0.25, 0.3) is 0 Å². The Kier molecular flexibility index (Phi) is 4.58. The number of carbonyl (C=O) groups is 1. The summed E-state index contributed by atoms with van der Waals surface area (Å²) in [6.07, 6.45) is 2.83. The fraction of sp³-hybridized carbons (Fsp3) is 0.286. The van der Waals surface area contributed by atoms with E-state index in [-0.39, 0.29) is 5.57 Å². The standard InChI is InChI=1S/C7H9F2NOS/c1-4-6(5(2)12-3)7(11)10(8)9/h4H,1H2,2-3H3/b6-5+. The molecular weight excluding hydrogens is 184 g/mol. The highest BCUT2D eigenvalue weighted by Gasteiger charge is 2.17. The molecule has 0 aromatic rings. The fourth-order valence-electron chi connectivity index (χ4n) is 0.583. The highest BCUT2D eigenvalue weighted by atomic mass is 32.2. The van der Waals surface area contributed by atoms with Crippen molar-refractivity contribution in [1.82, 2.24) is 5.34 Å². The van der Waals surface area contributed by atoms with E-state index >= 15 is 0 Å². The lowest BCUT2D eigenvalue weighted by Gasteiger charge is -2.04. The van der Waals surface area contributed by atoms with Crippen LogP contribution in [-0.2, 0) is 4.79 Å². The minimum absolute atomic E-state index is 0.0625. The van der Waals surface area contributed by atoms with Crippen molar-refractivity contribution in [2.75, 3.05) is 6.26 Å². The van der Waals surface area contributed by atoms with Crippen LogP contribution in [0.3, 0.4) is 0 Å². The van der Waals surface area contributed by atoms with Crippen molar-refractivity contribution in [2.45, 2.75) is 6.92 Å². The Labute approximate surface area is 73.8 Å². The summed E-state index contributed by atoms with van der Waals surface area (Å²) in [5, 5.41) is -1.45. The van der Waals surface area contributed by atoms with Gasteiger partial charge in [0.1, 0.15) is 0 Å². The summed E-state index contributed by atoms with van der Waals surface area (Å²) in [4.78, 5) is 11.2. The molecule has 68 valence electrons. The van der Waals surface area contributed by atoms with Crippen LogP contribution in [-0.4, -0.2) is 17.5 Å². The maximum atomic E-state index is 11.8. The van der Waals surface area contributed by atoms with Crippen LogP contribution in [0.15, 0.2) is 23.1 Å². The Hall–Kier alpha value is -0.840. The van der Waals surface area contributed by atoms with Crippen molar-refractivity contribution in [2.24, 2.45) is 0 Å². The van der Waals surface area contributed by atoms with E-state index in [1.54, 1.807) is 13.2 Å². The third kappa shape index (κ3) is 2.65. The number of halogens is 2. The molecule has 1 amide bonds. The number of allylic oxidation sites excluding steroid dienone is 1. The largest absolute Gasteiger partial charge is 0.315 e. The average molecular weight is 193 g/mol. The van der Waals surface area contributed by atoms with E-state index in [2.05, 4.69) is 6.58 Å². The Morgan fingerprint density at radius 3 is 2.33 bits per heavy atom. The molecule has 12 heavy (non-hydrogen) atoms. The second kappa shape index (κ2) is 4.92. The molecule has 0 rings (SSSR count). The number of carbonyl (C=O) groups excluding carboxylic acids is 1. The van der Waals surface area contributed by atoms with Gasteiger partial charge in [0.2, 0.25) is 0 Å². The van der Waals surface area contributed by atoms with E-state index in [0.717, 1.165) is 6.08 Å². The fourth-order valence-corrected chi connectivity index (χ4v) is 0.973. The van der Waals surface area contributed by atoms with E-state index in [0.29, 0.717) is 4.91 Å². The zero-order chi connectivity index (χ0) is 9.72. The van der Waals surface area contributed by atoms with Gasteiger partial charge in [0.25, 0.3) is 0 Å². The Morgan fingerprint density at radius 2 is 2.08 bits per heavy atom. The van der Waals surface area contributed by atoms with Gasteiger partial charge in [-0.1, -0.05) is 21.6 Å². The number of hydrogen-bond acceptors (Lipinski definition) is 2. The summed E-state index contributed by atoms with van der Waals surface area (Å²) in [5.74, 6) is -1.32. The maximum Gasteiger partial charge on any atom is 0.315 e. The molecule has 0 fully saturated rings. The van der Waals surface area contributed by atoms with E-state index in [4.69, 9.17) is 0 Å². The molecule has 0 bridgehead atoms. The van der Waals surface area contributed by atoms with Crippen molar-refractivity contribution >= 4 is 17.7 Å². The van der Waals surface area contributed by atoms with Crippen molar-refractivity contribution < 1.29 is 13.8 Å². The number of rotatable bonds is 3. The molecule has 0 saturated carbocycles. The molecule has 0 radical (unpaired) electrons. The second-order valence-electron chi connectivity index (χ2n) is 1.92. The molecule has 0 aromatic heterocycles. The zero-order valence-electron chi connectivity index (χ0n) is 6.80. The summed E-state index contributed by atoms with van der Waals surface area (Å²) >= 11 is 1.23. The van der Waals surface area contributed by atoms with Crippen LogP contribution in [0.1, 0.15) is 6.92 Å². The first kappa shape index (κ1) is 11.2. The van der Waals surface area contributed by atoms with Crippen LogP contribution in [0.4, 0.5) is 8.96 Å². The van der Waals surface area contributed by atoms with E-state index < -0.39 is 11.3 Å². The van der Waals surface area contributed by atoms with Gasteiger partial charge in [0.05, 0.1) is 5.57 Å². The predicted molar refractivity (Wildman–Crippen MR) is 45.5 cm³/mol. The first-order valence-electron chi connectivity index (χ1n) is 3.08. The highest BCUT2D eigenvalue weighted by molar-refractivity contribution is 8.02. The van der Waals surface area contributed by atoms with Crippen LogP contribution >= 0.6 is 11.8 Å². The van der Waals surface area contributed by atoms with Crippen molar-refractivity contribution in [1.29, 1.82) is 0 Å². The molecule has 0 spiro atoms. The lowest BCUT2D eigenvalue weighted by atomic mass is 10.2. The van der Waals surface area contributed by atoms with Crippen LogP contribution in [0.2, 0.25) is 0 Å². The summed E-state index contributed by atoms with van der Waals surface area (Å²) in [6.45, 7) is 4.87. The average Bonchev–Trinajstić information content (AvgIpc) is 2.05. The maximum absolute atomic E-state index is 11.8. The number of thioether (sulfide) groups is 1. The molecule has 0 aliphatic rings. The first-order valence-corrected chi connectivity index (χ1v) is 4.30. The molecule has 0 atom stereocenters. The molecule has 5 heteroatoms. The van der Waals surface area contributed by atoms with Gasteiger partial charge in [-0.3, -0.25) is 4.79 Å². The van der Waals surface area contributed by atoms with Gasteiger partial charge in [-0.15, -0.1) is 11.8 Å². The predicted octanol–water partition coefficient (Wildman–Crippen LogP) is 2.41. The van der Waals surface area contributed by atoms with Crippen molar-refractivity contribution in [3.8, 4) is 0 Å². The van der Waals surface area contributed by atoms with E-state index in [1.807, 2.05) is 0 Å². The molecule has 0 aliphatic heterocycles. The molecule has 0 N–H and O–H groups in total. The smallest absolute Gasteiger partial charge is 0.263 e. The summed E-state index contributed by atoms with van der Waals surface area (Å²) in [7, 11) is 0. The number of nitrogens with zero attached hydrogens (tertiary/aromatic N) is 1. The minimum atomic E-state index is -1.45. The van der Waals surface area contributed by atoms with Gasteiger partial charge >= 0.3 is 5.91 Å². The monoisotopic (exact) mass is 193 g/mol. The number of hydrogen-bond donors (Lipinski definition) is 0. The van der Waals surface area contributed by atoms with Crippen molar-refractivity contribution in [3.05, 3.63) is 23.1 Å². The van der Waals surface area contributed by atoms with Crippen LogP contribution < -0.4 is 0 Å². The minimum Gasteiger partial charge on any atom is -0.263 e.